The molecule has 0 aliphatic rings. The minimum Gasteiger partial charge on any atom is -0.289 e. The highest BCUT2D eigenvalue weighted by molar-refractivity contribution is 7.98. The van der Waals surface area contributed by atoms with Gasteiger partial charge in [-0.3, -0.25) is 10.2 Å². The monoisotopic (exact) mass is 278 g/mol. The van der Waals surface area contributed by atoms with Crippen LogP contribution < -0.4 is 11.3 Å². The van der Waals surface area contributed by atoms with Gasteiger partial charge >= 0.3 is 0 Å². The molecule has 0 aliphatic carbocycles. The van der Waals surface area contributed by atoms with E-state index < -0.39 is 0 Å². The lowest BCUT2D eigenvalue weighted by atomic mass is 10.2. The van der Waals surface area contributed by atoms with E-state index in [-0.39, 0.29) is 5.91 Å². The van der Waals surface area contributed by atoms with Crippen LogP contribution in [-0.4, -0.2) is 5.91 Å². The van der Waals surface area contributed by atoms with Crippen molar-refractivity contribution in [2.75, 3.05) is 0 Å². The molecule has 0 unspecified atom stereocenters. The fourth-order valence-electron chi connectivity index (χ4n) is 1.59. The molecular formula is C13H14N2OS2. The number of nitrogens with two attached hydrogens (primary N) is 1. The molecule has 3 nitrogen and oxygen atoms in total. The van der Waals surface area contributed by atoms with Crippen molar-refractivity contribution in [2.45, 2.75) is 17.6 Å². The Morgan fingerprint density at radius 2 is 2.17 bits per heavy atom. The number of thioether (sulfide) groups is 1. The summed E-state index contributed by atoms with van der Waals surface area (Å²) in [4.78, 5) is 13.5. The van der Waals surface area contributed by atoms with Gasteiger partial charge in [-0.2, -0.15) is 0 Å². The highest BCUT2D eigenvalue weighted by Gasteiger charge is 2.12. The molecule has 0 aliphatic heterocycles. The molecule has 1 aromatic carbocycles. The number of carbonyl (C=O) groups excluding carboxylic acids is 1. The first-order valence-electron chi connectivity index (χ1n) is 5.48. The van der Waals surface area contributed by atoms with Crippen LogP contribution in [0.5, 0.6) is 0 Å². The maximum absolute atomic E-state index is 11.5. The maximum atomic E-state index is 11.5. The molecule has 0 spiro atoms. The van der Waals surface area contributed by atoms with Crippen molar-refractivity contribution in [3.8, 4) is 0 Å². The second-order valence-electron chi connectivity index (χ2n) is 3.80. The van der Waals surface area contributed by atoms with Crippen LogP contribution in [0.25, 0.3) is 0 Å². The highest BCUT2D eigenvalue weighted by atomic mass is 32.2. The number of amides is 1. The largest absolute Gasteiger partial charge is 0.289 e. The quantitative estimate of drug-likeness (QED) is 0.391. The second kappa shape index (κ2) is 6.04. The lowest BCUT2D eigenvalue weighted by Crippen LogP contribution is -2.29. The Hall–Kier alpha value is -1.30. The molecule has 0 fully saturated rings. The molecule has 1 aromatic heterocycles. The number of aryl methyl sites for hydroxylation is 1. The third-order valence-electron chi connectivity index (χ3n) is 2.56. The van der Waals surface area contributed by atoms with E-state index >= 15 is 0 Å². The highest BCUT2D eigenvalue weighted by Crippen LogP contribution is 2.28. The average molecular weight is 278 g/mol. The third-order valence-corrected chi connectivity index (χ3v) is 4.74. The van der Waals surface area contributed by atoms with Crippen LogP contribution in [0.2, 0.25) is 0 Å². The smallest absolute Gasteiger partial charge is 0.275 e. The van der Waals surface area contributed by atoms with Crippen LogP contribution >= 0.6 is 23.1 Å². The van der Waals surface area contributed by atoms with Crippen molar-refractivity contribution in [1.29, 1.82) is 0 Å². The van der Waals surface area contributed by atoms with Crippen molar-refractivity contribution in [3.63, 3.8) is 0 Å². The molecule has 3 N–H and O–H groups in total. The fraction of sp³-hybridized carbons (Fsp3) is 0.154. The molecule has 5 heteroatoms. The lowest BCUT2D eigenvalue weighted by Gasteiger charge is -2.05. The van der Waals surface area contributed by atoms with Crippen molar-refractivity contribution < 1.29 is 4.79 Å². The summed E-state index contributed by atoms with van der Waals surface area (Å²) in [5.74, 6) is 5.72. The Labute approximate surface area is 114 Å². The van der Waals surface area contributed by atoms with Gasteiger partial charge in [-0.1, -0.05) is 18.2 Å². The van der Waals surface area contributed by atoms with Crippen LogP contribution in [0.1, 0.15) is 20.8 Å². The Morgan fingerprint density at radius 1 is 1.39 bits per heavy atom. The molecule has 2 aromatic rings. The fourth-order valence-corrected chi connectivity index (χ4v) is 3.53. The maximum Gasteiger partial charge on any atom is 0.275 e. The number of hydrogen-bond donors (Lipinski definition) is 2. The number of hydrazine groups is 1. The zero-order valence-corrected chi connectivity index (χ0v) is 11.6. The van der Waals surface area contributed by atoms with E-state index in [1.54, 1.807) is 11.8 Å². The van der Waals surface area contributed by atoms with Gasteiger partial charge in [0, 0.05) is 10.6 Å². The number of thiophene rings is 1. The van der Waals surface area contributed by atoms with Gasteiger partial charge in [-0.15, -0.1) is 23.1 Å². The summed E-state index contributed by atoms with van der Waals surface area (Å²) in [6.45, 7) is 2.09. The molecule has 0 radical (unpaired) electrons. The second-order valence-corrected chi connectivity index (χ2v) is 5.74. The summed E-state index contributed by atoms with van der Waals surface area (Å²) in [6, 6.07) is 10.2. The number of carbonyl (C=O) groups is 1. The van der Waals surface area contributed by atoms with Crippen LogP contribution in [0.15, 0.2) is 40.6 Å². The Balaban J connectivity index is 2.09. The summed E-state index contributed by atoms with van der Waals surface area (Å²) in [5, 5.41) is 1.91. The van der Waals surface area contributed by atoms with E-state index in [4.69, 9.17) is 5.84 Å². The Kier molecular flexibility index (Phi) is 4.41. The van der Waals surface area contributed by atoms with Gasteiger partial charge in [0.05, 0.1) is 4.88 Å². The normalized spacial score (nSPS) is 10.3. The van der Waals surface area contributed by atoms with Gasteiger partial charge in [0.1, 0.15) is 0 Å². The zero-order valence-electron chi connectivity index (χ0n) is 9.97. The van der Waals surface area contributed by atoms with Crippen molar-refractivity contribution >= 4 is 29.0 Å². The molecular weight excluding hydrogens is 264 g/mol. The number of nitrogen functional groups attached to an aromatic ring is 1. The molecule has 1 heterocycles. The summed E-state index contributed by atoms with van der Waals surface area (Å²) >= 11 is 3.15. The molecule has 18 heavy (non-hydrogen) atoms. The minimum atomic E-state index is -0.217. The van der Waals surface area contributed by atoms with E-state index in [2.05, 4.69) is 24.5 Å². The van der Waals surface area contributed by atoms with Crippen molar-refractivity contribution in [3.05, 3.63) is 51.7 Å². The molecule has 0 bridgehead atoms. The third kappa shape index (κ3) is 2.93. The molecule has 0 saturated heterocycles. The van der Waals surface area contributed by atoms with Crippen molar-refractivity contribution in [2.24, 2.45) is 5.84 Å². The number of nitrogens with one attached hydrogen (secondary N) is 1. The first kappa shape index (κ1) is 13.1. The van der Waals surface area contributed by atoms with Gasteiger partial charge in [0.15, 0.2) is 0 Å². The van der Waals surface area contributed by atoms with Gasteiger partial charge < -0.3 is 0 Å². The zero-order chi connectivity index (χ0) is 13.0. The van der Waals surface area contributed by atoms with Crippen LogP contribution in [0.4, 0.5) is 0 Å². The van der Waals surface area contributed by atoms with E-state index in [0.717, 1.165) is 11.3 Å². The van der Waals surface area contributed by atoms with Gasteiger partial charge in [-0.05, 0) is 35.6 Å². The SMILES string of the molecule is Cc1ccccc1SCc1ccsc1C(=O)NN. The summed E-state index contributed by atoms with van der Waals surface area (Å²) in [7, 11) is 0. The lowest BCUT2D eigenvalue weighted by molar-refractivity contribution is 0.0957. The van der Waals surface area contributed by atoms with Crippen LogP contribution in [0.3, 0.4) is 0 Å². The standard InChI is InChI=1S/C13H14N2OS2/c1-9-4-2-3-5-11(9)18-8-10-6-7-17-12(10)13(16)15-14/h2-7H,8,14H2,1H3,(H,15,16). The first-order chi connectivity index (χ1) is 8.72. The number of hydrogen-bond acceptors (Lipinski definition) is 4. The molecule has 2 rings (SSSR count). The van der Waals surface area contributed by atoms with E-state index in [0.29, 0.717) is 4.88 Å². The summed E-state index contributed by atoms with van der Waals surface area (Å²) < 4.78 is 0. The minimum absolute atomic E-state index is 0.217. The summed E-state index contributed by atoms with van der Waals surface area (Å²) in [6.07, 6.45) is 0. The number of benzene rings is 1. The molecule has 94 valence electrons. The van der Waals surface area contributed by atoms with Gasteiger partial charge in [0.2, 0.25) is 0 Å². The molecule has 0 atom stereocenters. The van der Waals surface area contributed by atoms with Gasteiger partial charge in [-0.25, -0.2) is 5.84 Å². The van der Waals surface area contributed by atoms with Crippen molar-refractivity contribution in [1.82, 2.24) is 5.43 Å². The van der Waals surface area contributed by atoms with E-state index in [9.17, 15) is 4.79 Å². The summed E-state index contributed by atoms with van der Waals surface area (Å²) in [5.41, 5.74) is 4.46. The molecule has 1 amide bonds. The van der Waals surface area contributed by atoms with E-state index in [1.807, 2.05) is 23.6 Å². The predicted octanol–water partition coefficient (Wildman–Crippen LogP) is 2.95. The van der Waals surface area contributed by atoms with Crippen LogP contribution in [-0.2, 0) is 5.75 Å². The molecule has 0 saturated carbocycles. The first-order valence-corrected chi connectivity index (χ1v) is 7.34. The van der Waals surface area contributed by atoms with E-state index in [1.165, 1.54) is 21.8 Å². The number of rotatable bonds is 4. The predicted molar refractivity (Wildman–Crippen MR) is 76.7 cm³/mol. The van der Waals surface area contributed by atoms with Gasteiger partial charge in [0.25, 0.3) is 5.91 Å². The average Bonchev–Trinajstić information content (AvgIpc) is 2.85. The van der Waals surface area contributed by atoms with Crippen LogP contribution in [0, 0.1) is 6.92 Å². The topological polar surface area (TPSA) is 55.1 Å². The Bertz CT molecular complexity index is 551. The Morgan fingerprint density at radius 3 is 2.89 bits per heavy atom.